The van der Waals surface area contributed by atoms with Crippen LogP contribution in [0.4, 0.5) is 0 Å². The Bertz CT molecular complexity index is 298. The average Bonchev–Trinajstić information content (AvgIpc) is 3.04. The zero-order valence-electron chi connectivity index (χ0n) is 13.4. The number of hydrogen-bond acceptors (Lipinski definition) is 3. The molecule has 0 amide bonds. The monoisotopic (exact) mass is 267 g/mol. The van der Waals surface area contributed by atoms with E-state index in [0.717, 1.165) is 6.54 Å². The van der Waals surface area contributed by atoms with Gasteiger partial charge in [0.2, 0.25) is 0 Å². The van der Waals surface area contributed by atoms with Gasteiger partial charge < -0.3 is 5.73 Å². The van der Waals surface area contributed by atoms with Crippen LogP contribution in [0.5, 0.6) is 0 Å². The molecule has 3 heteroatoms. The van der Waals surface area contributed by atoms with E-state index < -0.39 is 0 Å². The molecular weight excluding hydrogens is 234 g/mol. The van der Waals surface area contributed by atoms with Crippen LogP contribution in [-0.2, 0) is 0 Å². The van der Waals surface area contributed by atoms with Crippen molar-refractivity contribution in [1.29, 1.82) is 0 Å². The Morgan fingerprint density at radius 3 is 2.16 bits per heavy atom. The number of hydrogen-bond donors (Lipinski definition) is 1. The quantitative estimate of drug-likeness (QED) is 0.829. The number of nitrogens with two attached hydrogens (primary N) is 1. The van der Waals surface area contributed by atoms with Crippen molar-refractivity contribution in [2.45, 2.75) is 65.0 Å². The summed E-state index contributed by atoms with van der Waals surface area (Å²) in [5.41, 5.74) is 7.04. The van der Waals surface area contributed by atoms with Gasteiger partial charge in [0.25, 0.3) is 0 Å². The van der Waals surface area contributed by atoms with Gasteiger partial charge in [-0.2, -0.15) is 0 Å². The van der Waals surface area contributed by atoms with Crippen molar-refractivity contribution in [3.8, 4) is 0 Å². The summed E-state index contributed by atoms with van der Waals surface area (Å²) in [6.07, 6.45) is 5.25. The SMILES string of the molecule is CCC1(CC)CCN(C2(CN)CCN(C(C)C)C2)C1. The molecule has 2 aliphatic rings. The van der Waals surface area contributed by atoms with E-state index in [9.17, 15) is 0 Å². The van der Waals surface area contributed by atoms with Crippen LogP contribution < -0.4 is 5.73 Å². The van der Waals surface area contributed by atoms with Crippen LogP contribution in [0.3, 0.4) is 0 Å². The average molecular weight is 267 g/mol. The van der Waals surface area contributed by atoms with Gasteiger partial charge >= 0.3 is 0 Å². The van der Waals surface area contributed by atoms with E-state index in [-0.39, 0.29) is 5.54 Å². The fourth-order valence-electron chi connectivity index (χ4n) is 4.05. The molecule has 0 bridgehead atoms. The van der Waals surface area contributed by atoms with Crippen LogP contribution in [0.15, 0.2) is 0 Å². The highest BCUT2D eigenvalue weighted by Crippen LogP contribution is 2.42. The minimum atomic E-state index is 0.260. The number of rotatable bonds is 5. The van der Waals surface area contributed by atoms with Crippen LogP contribution in [0, 0.1) is 5.41 Å². The molecule has 0 aromatic rings. The summed E-state index contributed by atoms with van der Waals surface area (Å²) in [5, 5.41) is 0. The molecule has 2 aliphatic heterocycles. The minimum absolute atomic E-state index is 0.260. The lowest BCUT2D eigenvalue weighted by atomic mass is 9.81. The molecule has 2 N–H and O–H groups in total. The summed E-state index contributed by atoms with van der Waals surface area (Å²) in [6.45, 7) is 15.1. The molecule has 1 unspecified atom stereocenters. The molecular formula is C16H33N3. The van der Waals surface area contributed by atoms with Gasteiger partial charge in [-0.3, -0.25) is 9.80 Å². The summed E-state index contributed by atoms with van der Waals surface area (Å²) in [4.78, 5) is 5.34. The van der Waals surface area contributed by atoms with E-state index in [4.69, 9.17) is 5.73 Å². The van der Waals surface area contributed by atoms with E-state index in [1.165, 1.54) is 51.9 Å². The van der Waals surface area contributed by atoms with Crippen molar-refractivity contribution in [3.05, 3.63) is 0 Å². The molecule has 19 heavy (non-hydrogen) atoms. The normalized spacial score (nSPS) is 32.5. The zero-order chi connectivity index (χ0) is 14.1. The second kappa shape index (κ2) is 5.71. The van der Waals surface area contributed by atoms with Crippen molar-refractivity contribution in [1.82, 2.24) is 9.80 Å². The standard InChI is InChI=1S/C16H33N3/c1-5-15(6-2)7-10-19(12-15)16(11-17)8-9-18(13-16)14(3)4/h14H,5-13,17H2,1-4H3. The topological polar surface area (TPSA) is 32.5 Å². The molecule has 2 fully saturated rings. The number of likely N-dealkylation sites (tertiary alicyclic amines) is 2. The molecule has 0 aliphatic carbocycles. The largest absolute Gasteiger partial charge is 0.329 e. The van der Waals surface area contributed by atoms with Gasteiger partial charge in [-0.15, -0.1) is 0 Å². The fraction of sp³-hybridized carbons (Fsp3) is 1.00. The van der Waals surface area contributed by atoms with Gasteiger partial charge in [0.1, 0.15) is 0 Å². The molecule has 0 spiro atoms. The first-order valence-corrected chi connectivity index (χ1v) is 8.20. The summed E-state index contributed by atoms with van der Waals surface area (Å²) in [5.74, 6) is 0. The molecule has 2 heterocycles. The van der Waals surface area contributed by atoms with Gasteiger partial charge in [0.15, 0.2) is 0 Å². The van der Waals surface area contributed by atoms with Gasteiger partial charge in [-0.25, -0.2) is 0 Å². The van der Waals surface area contributed by atoms with Gasteiger partial charge in [0.05, 0.1) is 0 Å². The molecule has 0 saturated carbocycles. The summed E-state index contributed by atoms with van der Waals surface area (Å²) in [7, 11) is 0. The third kappa shape index (κ3) is 2.70. The number of nitrogens with zero attached hydrogens (tertiary/aromatic N) is 2. The Labute approximate surface area is 119 Å². The predicted molar refractivity (Wildman–Crippen MR) is 82.3 cm³/mol. The third-order valence-electron chi connectivity index (χ3n) is 6.08. The first-order chi connectivity index (χ1) is 9.01. The zero-order valence-corrected chi connectivity index (χ0v) is 13.4. The van der Waals surface area contributed by atoms with Crippen molar-refractivity contribution >= 4 is 0 Å². The lowest BCUT2D eigenvalue weighted by Crippen LogP contribution is -2.55. The van der Waals surface area contributed by atoms with Crippen LogP contribution in [0.2, 0.25) is 0 Å². The van der Waals surface area contributed by atoms with Crippen LogP contribution in [-0.4, -0.2) is 54.1 Å². The highest BCUT2D eigenvalue weighted by molar-refractivity contribution is 5.05. The Morgan fingerprint density at radius 2 is 1.74 bits per heavy atom. The highest BCUT2D eigenvalue weighted by atomic mass is 15.3. The van der Waals surface area contributed by atoms with E-state index >= 15 is 0 Å². The molecule has 3 nitrogen and oxygen atoms in total. The third-order valence-corrected chi connectivity index (χ3v) is 6.08. The molecule has 0 aromatic carbocycles. The van der Waals surface area contributed by atoms with Crippen LogP contribution >= 0.6 is 0 Å². The summed E-state index contributed by atoms with van der Waals surface area (Å²) in [6, 6.07) is 0.651. The van der Waals surface area contributed by atoms with Crippen molar-refractivity contribution in [3.63, 3.8) is 0 Å². The lowest BCUT2D eigenvalue weighted by Gasteiger charge is -2.40. The fourth-order valence-corrected chi connectivity index (χ4v) is 4.05. The second-order valence-electron chi connectivity index (χ2n) is 7.12. The van der Waals surface area contributed by atoms with E-state index in [2.05, 4.69) is 37.5 Å². The smallest absolute Gasteiger partial charge is 0.0470 e. The molecule has 1 atom stereocenters. The summed E-state index contributed by atoms with van der Waals surface area (Å²) < 4.78 is 0. The Hall–Kier alpha value is -0.120. The van der Waals surface area contributed by atoms with Crippen LogP contribution in [0.25, 0.3) is 0 Å². The first-order valence-electron chi connectivity index (χ1n) is 8.20. The predicted octanol–water partition coefficient (Wildman–Crippen LogP) is 2.31. The highest BCUT2D eigenvalue weighted by Gasteiger charge is 2.48. The first kappa shape index (κ1) is 15.3. The van der Waals surface area contributed by atoms with E-state index in [1.54, 1.807) is 0 Å². The van der Waals surface area contributed by atoms with Crippen LogP contribution in [0.1, 0.15) is 53.4 Å². The maximum Gasteiger partial charge on any atom is 0.0470 e. The van der Waals surface area contributed by atoms with Crippen molar-refractivity contribution in [2.24, 2.45) is 11.1 Å². The Kier molecular flexibility index (Phi) is 4.59. The molecule has 2 rings (SSSR count). The molecule has 2 saturated heterocycles. The van der Waals surface area contributed by atoms with E-state index in [0.29, 0.717) is 11.5 Å². The molecule has 112 valence electrons. The summed E-state index contributed by atoms with van der Waals surface area (Å²) >= 11 is 0. The van der Waals surface area contributed by atoms with E-state index in [1.807, 2.05) is 0 Å². The van der Waals surface area contributed by atoms with Crippen molar-refractivity contribution in [2.75, 3.05) is 32.7 Å². The second-order valence-corrected chi connectivity index (χ2v) is 7.12. The maximum absolute atomic E-state index is 6.21. The molecule has 0 aromatic heterocycles. The van der Waals surface area contributed by atoms with Gasteiger partial charge in [-0.1, -0.05) is 13.8 Å². The Morgan fingerprint density at radius 1 is 1.05 bits per heavy atom. The van der Waals surface area contributed by atoms with Gasteiger partial charge in [-0.05, 0) is 51.5 Å². The Balaban J connectivity index is 2.08. The lowest BCUT2D eigenvalue weighted by molar-refractivity contribution is 0.102. The molecule has 0 radical (unpaired) electrons. The minimum Gasteiger partial charge on any atom is -0.329 e. The maximum atomic E-state index is 6.21. The van der Waals surface area contributed by atoms with Gasteiger partial charge in [0, 0.05) is 37.8 Å². The van der Waals surface area contributed by atoms with Crippen molar-refractivity contribution < 1.29 is 0 Å².